The molecule has 88 valence electrons. The van der Waals surface area contributed by atoms with Gasteiger partial charge in [-0.3, -0.25) is 4.79 Å². The predicted molar refractivity (Wildman–Crippen MR) is 65.2 cm³/mol. The second kappa shape index (κ2) is 4.69. The fourth-order valence-corrected chi connectivity index (χ4v) is 1.55. The number of benzene rings is 1. The number of nitrogens with zero attached hydrogens (tertiary/aromatic N) is 1. The van der Waals surface area contributed by atoms with E-state index >= 15 is 0 Å². The molecule has 2 aromatic rings. The van der Waals surface area contributed by atoms with Crippen molar-refractivity contribution < 1.29 is 9.32 Å². The zero-order valence-electron chi connectivity index (χ0n) is 9.65. The van der Waals surface area contributed by atoms with Gasteiger partial charge in [0.15, 0.2) is 5.82 Å². The minimum Gasteiger partial charge on any atom is -0.388 e. The summed E-state index contributed by atoms with van der Waals surface area (Å²) >= 11 is 0. The standard InChI is InChI=1S/C12H13N3O2/c1-8-7-9(3-4-10(8)13-2)12(16)14-11-5-6-17-15-11/h3-7,13H,1-2H3,(H,14,15,16). The van der Waals surface area contributed by atoms with Crippen LogP contribution in [0.4, 0.5) is 11.5 Å². The number of nitrogens with one attached hydrogen (secondary N) is 2. The van der Waals surface area contributed by atoms with Gasteiger partial charge in [0.1, 0.15) is 6.26 Å². The molecule has 5 heteroatoms. The third-order valence-electron chi connectivity index (χ3n) is 2.44. The molecule has 0 bridgehead atoms. The van der Waals surface area contributed by atoms with E-state index in [-0.39, 0.29) is 5.91 Å². The van der Waals surface area contributed by atoms with Crippen molar-refractivity contribution in [2.45, 2.75) is 6.92 Å². The van der Waals surface area contributed by atoms with Crippen LogP contribution in [0.2, 0.25) is 0 Å². The highest BCUT2D eigenvalue weighted by molar-refractivity contribution is 6.04. The molecule has 0 aliphatic heterocycles. The molecule has 1 amide bonds. The van der Waals surface area contributed by atoms with Crippen LogP contribution in [0, 0.1) is 6.92 Å². The highest BCUT2D eigenvalue weighted by atomic mass is 16.5. The second-order valence-electron chi connectivity index (χ2n) is 3.62. The summed E-state index contributed by atoms with van der Waals surface area (Å²) in [6, 6.07) is 7.04. The van der Waals surface area contributed by atoms with Gasteiger partial charge in [0.25, 0.3) is 5.91 Å². The van der Waals surface area contributed by atoms with Gasteiger partial charge in [-0.1, -0.05) is 5.16 Å². The summed E-state index contributed by atoms with van der Waals surface area (Å²) in [4.78, 5) is 11.9. The number of carbonyl (C=O) groups excluding carboxylic acids is 1. The maximum atomic E-state index is 11.9. The van der Waals surface area contributed by atoms with E-state index < -0.39 is 0 Å². The lowest BCUT2D eigenvalue weighted by atomic mass is 10.1. The quantitative estimate of drug-likeness (QED) is 0.850. The molecule has 0 saturated carbocycles. The Kier molecular flexibility index (Phi) is 3.09. The van der Waals surface area contributed by atoms with Crippen molar-refractivity contribution in [3.63, 3.8) is 0 Å². The van der Waals surface area contributed by atoms with Crippen LogP contribution in [0.5, 0.6) is 0 Å². The monoisotopic (exact) mass is 231 g/mol. The Morgan fingerprint density at radius 2 is 2.18 bits per heavy atom. The largest absolute Gasteiger partial charge is 0.388 e. The molecule has 0 saturated heterocycles. The van der Waals surface area contributed by atoms with Crippen molar-refractivity contribution in [3.8, 4) is 0 Å². The molecule has 2 N–H and O–H groups in total. The van der Waals surface area contributed by atoms with Crippen molar-refractivity contribution >= 4 is 17.4 Å². The van der Waals surface area contributed by atoms with Gasteiger partial charge in [-0.25, -0.2) is 0 Å². The maximum absolute atomic E-state index is 11.9. The Hall–Kier alpha value is -2.30. The summed E-state index contributed by atoms with van der Waals surface area (Å²) in [5.41, 5.74) is 2.60. The molecule has 1 aromatic carbocycles. The first-order valence-electron chi connectivity index (χ1n) is 5.21. The van der Waals surface area contributed by atoms with Gasteiger partial charge in [0.05, 0.1) is 0 Å². The van der Waals surface area contributed by atoms with E-state index in [1.54, 1.807) is 12.1 Å². The van der Waals surface area contributed by atoms with Crippen LogP contribution in [0.1, 0.15) is 15.9 Å². The number of hydrogen-bond acceptors (Lipinski definition) is 4. The predicted octanol–water partition coefficient (Wildman–Crippen LogP) is 2.28. The zero-order valence-corrected chi connectivity index (χ0v) is 9.65. The van der Waals surface area contributed by atoms with E-state index in [1.165, 1.54) is 6.26 Å². The van der Waals surface area contributed by atoms with Gasteiger partial charge in [-0.15, -0.1) is 0 Å². The first kappa shape index (κ1) is 11.2. The molecular weight excluding hydrogens is 218 g/mol. The number of aryl methyl sites for hydroxylation is 1. The summed E-state index contributed by atoms with van der Waals surface area (Å²) in [5, 5.41) is 9.31. The van der Waals surface area contributed by atoms with Gasteiger partial charge in [-0.2, -0.15) is 0 Å². The molecule has 0 fully saturated rings. The second-order valence-corrected chi connectivity index (χ2v) is 3.62. The lowest BCUT2D eigenvalue weighted by Crippen LogP contribution is -2.12. The first-order chi connectivity index (χ1) is 8.20. The van der Waals surface area contributed by atoms with Crippen LogP contribution in [0.3, 0.4) is 0 Å². The number of aromatic nitrogens is 1. The summed E-state index contributed by atoms with van der Waals surface area (Å²) in [6.07, 6.45) is 1.41. The van der Waals surface area contributed by atoms with Crippen LogP contribution in [-0.2, 0) is 0 Å². The number of amides is 1. The van der Waals surface area contributed by atoms with Crippen molar-refractivity contribution in [1.29, 1.82) is 0 Å². The molecular formula is C12H13N3O2. The van der Waals surface area contributed by atoms with Gasteiger partial charge >= 0.3 is 0 Å². The highest BCUT2D eigenvalue weighted by Gasteiger charge is 2.08. The van der Waals surface area contributed by atoms with E-state index in [1.807, 2.05) is 26.1 Å². The Morgan fingerprint density at radius 1 is 1.35 bits per heavy atom. The third-order valence-corrected chi connectivity index (χ3v) is 2.44. The number of rotatable bonds is 3. The van der Waals surface area contributed by atoms with Crippen molar-refractivity contribution in [2.75, 3.05) is 17.7 Å². The molecule has 2 rings (SSSR count). The van der Waals surface area contributed by atoms with Crippen molar-refractivity contribution in [2.24, 2.45) is 0 Å². The lowest BCUT2D eigenvalue weighted by molar-refractivity contribution is 0.102. The summed E-state index contributed by atoms with van der Waals surface area (Å²) in [5.74, 6) is 0.204. The van der Waals surface area contributed by atoms with E-state index in [4.69, 9.17) is 0 Å². The maximum Gasteiger partial charge on any atom is 0.256 e. The Balaban J connectivity index is 2.17. The SMILES string of the molecule is CNc1ccc(C(=O)Nc2ccon2)cc1C. The smallest absolute Gasteiger partial charge is 0.256 e. The van der Waals surface area contributed by atoms with Crippen LogP contribution in [0.25, 0.3) is 0 Å². The topological polar surface area (TPSA) is 67.2 Å². The first-order valence-corrected chi connectivity index (χ1v) is 5.21. The average molecular weight is 231 g/mol. The minimum absolute atomic E-state index is 0.204. The Bertz CT molecular complexity index is 521. The van der Waals surface area contributed by atoms with Crippen molar-refractivity contribution in [3.05, 3.63) is 41.7 Å². The van der Waals surface area contributed by atoms with E-state index in [0.29, 0.717) is 11.4 Å². The molecule has 0 atom stereocenters. The fraction of sp³-hybridized carbons (Fsp3) is 0.167. The highest BCUT2D eigenvalue weighted by Crippen LogP contribution is 2.16. The molecule has 0 spiro atoms. The summed E-state index contributed by atoms with van der Waals surface area (Å²) in [7, 11) is 1.84. The molecule has 0 aliphatic carbocycles. The number of anilines is 2. The summed E-state index contributed by atoms with van der Waals surface area (Å²) < 4.78 is 4.64. The van der Waals surface area contributed by atoms with Crippen molar-refractivity contribution in [1.82, 2.24) is 5.16 Å². The number of carbonyl (C=O) groups is 1. The lowest BCUT2D eigenvalue weighted by Gasteiger charge is -2.07. The van der Waals surface area contributed by atoms with E-state index in [0.717, 1.165) is 11.3 Å². The number of hydrogen-bond donors (Lipinski definition) is 2. The average Bonchev–Trinajstić information content (AvgIpc) is 2.81. The van der Waals surface area contributed by atoms with Crippen LogP contribution >= 0.6 is 0 Å². The van der Waals surface area contributed by atoms with Crippen LogP contribution in [-0.4, -0.2) is 18.1 Å². The van der Waals surface area contributed by atoms with Gasteiger partial charge < -0.3 is 15.2 Å². The van der Waals surface area contributed by atoms with Gasteiger partial charge in [0.2, 0.25) is 0 Å². The molecule has 0 aliphatic rings. The van der Waals surface area contributed by atoms with Gasteiger partial charge in [-0.05, 0) is 30.7 Å². The molecule has 0 radical (unpaired) electrons. The normalized spacial score (nSPS) is 10.0. The third kappa shape index (κ3) is 2.44. The molecule has 0 unspecified atom stereocenters. The fourth-order valence-electron chi connectivity index (χ4n) is 1.55. The van der Waals surface area contributed by atoms with Crippen LogP contribution in [0.15, 0.2) is 35.1 Å². The van der Waals surface area contributed by atoms with E-state index in [2.05, 4.69) is 20.3 Å². The molecule has 17 heavy (non-hydrogen) atoms. The Morgan fingerprint density at radius 3 is 2.76 bits per heavy atom. The van der Waals surface area contributed by atoms with Gasteiger partial charge in [0, 0.05) is 24.4 Å². The molecule has 1 heterocycles. The minimum atomic E-state index is -0.204. The van der Waals surface area contributed by atoms with Crippen LogP contribution < -0.4 is 10.6 Å². The molecule has 1 aromatic heterocycles. The Labute approximate surface area is 98.8 Å². The van der Waals surface area contributed by atoms with E-state index in [9.17, 15) is 4.79 Å². The summed E-state index contributed by atoms with van der Waals surface area (Å²) in [6.45, 7) is 1.94. The zero-order chi connectivity index (χ0) is 12.3. The molecule has 5 nitrogen and oxygen atoms in total.